The summed E-state index contributed by atoms with van der Waals surface area (Å²) in [5.74, 6) is 0.620. The van der Waals surface area contributed by atoms with Crippen molar-refractivity contribution in [2.24, 2.45) is 0 Å². The number of fused-ring (bicyclic) bond motifs is 1. The minimum Gasteiger partial charge on any atom is -0.490 e. The van der Waals surface area contributed by atoms with Crippen molar-refractivity contribution in [2.45, 2.75) is 0 Å². The number of nitrogens with zero attached hydrogens (tertiary/aromatic N) is 3. The molecule has 31 heavy (non-hydrogen) atoms. The standard InChI is InChI=1S/C23H21ClN4O2S/c1-3-31(29)28(2)12-13-30-20-15-25-11-9-18(20)22-21(16-6-4-7-17(24)14-16)23-19(27-22)8-5-10-26-23/h3-11,14-15,27H,1,12-13H2,2H3. The second-order valence-electron chi connectivity index (χ2n) is 6.80. The average Bonchev–Trinajstić information content (AvgIpc) is 3.18. The van der Waals surface area contributed by atoms with Crippen LogP contribution in [0.3, 0.4) is 0 Å². The fraction of sp³-hybridized carbons (Fsp3) is 0.130. The molecule has 0 amide bonds. The first kappa shape index (κ1) is 21.2. The van der Waals surface area contributed by atoms with E-state index < -0.39 is 11.0 Å². The molecule has 1 unspecified atom stereocenters. The lowest BCUT2D eigenvalue weighted by Gasteiger charge is -2.15. The van der Waals surface area contributed by atoms with E-state index in [-0.39, 0.29) is 0 Å². The summed E-state index contributed by atoms with van der Waals surface area (Å²) < 4.78 is 19.5. The average molecular weight is 453 g/mol. The highest BCUT2D eigenvalue weighted by atomic mass is 35.5. The van der Waals surface area contributed by atoms with Crippen LogP contribution in [0.1, 0.15) is 0 Å². The number of H-pyrrole nitrogens is 1. The van der Waals surface area contributed by atoms with Crippen LogP contribution in [-0.4, -0.2) is 43.7 Å². The molecule has 0 fully saturated rings. The van der Waals surface area contributed by atoms with Crippen LogP contribution >= 0.6 is 11.6 Å². The zero-order valence-electron chi connectivity index (χ0n) is 16.9. The summed E-state index contributed by atoms with van der Waals surface area (Å²) in [6.45, 7) is 4.38. The van der Waals surface area contributed by atoms with Gasteiger partial charge in [0.2, 0.25) is 0 Å². The van der Waals surface area contributed by atoms with Crippen molar-refractivity contribution in [1.29, 1.82) is 0 Å². The lowest BCUT2D eigenvalue weighted by atomic mass is 10.0. The number of nitrogens with one attached hydrogen (secondary N) is 1. The molecule has 0 saturated heterocycles. The topological polar surface area (TPSA) is 71.1 Å². The van der Waals surface area contributed by atoms with E-state index in [1.807, 2.05) is 42.5 Å². The number of rotatable bonds is 8. The predicted octanol–water partition coefficient (Wildman–Crippen LogP) is 5.06. The van der Waals surface area contributed by atoms with Gasteiger partial charge in [-0.05, 0) is 35.9 Å². The van der Waals surface area contributed by atoms with Gasteiger partial charge in [-0.15, -0.1) is 0 Å². The molecule has 158 valence electrons. The van der Waals surface area contributed by atoms with E-state index in [4.69, 9.17) is 16.3 Å². The monoisotopic (exact) mass is 452 g/mol. The first-order valence-corrected chi connectivity index (χ1v) is 11.2. The molecule has 0 radical (unpaired) electrons. The Labute approximate surface area is 188 Å². The van der Waals surface area contributed by atoms with Gasteiger partial charge in [0, 0.05) is 47.5 Å². The van der Waals surface area contributed by atoms with Crippen molar-refractivity contribution in [2.75, 3.05) is 20.2 Å². The van der Waals surface area contributed by atoms with Gasteiger partial charge >= 0.3 is 0 Å². The Bertz CT molecular complexity index is 1260. The lowest BCUT2D eigenvalue weighted by Crippen LogP contribution is -2.25. The Morgan fingerprint density at radius 2 is 2.13 bits per heavy atom. The number of ether oxygens (including phenoxy) is 1. The Morgan fingerprint density at radius 1 is 1.26 bits per heavy atom. The number of likely N-dealkylation sites (N-methyl/N-ethyl adjacent to an activating group) is 1. The van der Waals surface area contributed by atoms with E-state index in [2.05, 4.69) is 21.5 Å². The molecule has 4 rings (SSSR count). The van der Waals surface area contributed by atoms with E-state index in [0.29, 0.717) is 23.9 Å². The van der Waals surface area contributed by atoms with E-state index in [1.165, 1.54) is 5.41 Å². The molecular weight excluding hydrogens is 432 g/mol. The van der Waals surface area contributed by atoms with Gasteiger partial charge in [-0.3, -0.25) is 9.97 Å². The molecular formula is C23H21ClN4O2S. The molecule has 8 heteroatoms. The molecule has 0 spiro atoms. The summed E-state index contributed by atoms with van der Waals surface area (Å²) in [4.78, 5) is 12.3. The number of hydrogen-bond donors (Lipinski definition) is 1. The number of hydrogen-bond acceptors (Lipinski definition) is 4. The molecule has 1 atom stereocenters. The van der Waals surface area contributed by atoms with Crippen LogP contribution in [0.25, 0.3) is 33.4 Å². The zero-order chi connectivity index (χ0) is 21.8. The van der Waals surface area contributed by atoms with Gasteiger partial charge in [-0.1, -0.05) is 30.3 Å². The van der Waals surface area contributed by atoms with Crippen LogP contribution < -0.4 is 4.74 Å². The van der Waals surface area contributed by atoms with Crippen LogP contribution in [-0.2, 0) is 11.0 Å². The van der Waals surface area contributed by atoms with Gasteiger partial charge in [0.05, 0.1) is 22.9 Å². The van der Waals surface area contributed by atoms with Gasteiger partial charge < -0.3 is 9.72 Å². The highest BCUT2D eigenvalue weighted by Gasteiger charge is 2.19. The van der Waals surface area contributed by atoms with Gasteiger partial charge in [-0.2, -0.15) is 0 Å². The lowest BCUT2D eigenvalue weighted by molar-refractivity contribution is 0.291. The molecule has 3 heterocycles. The number of benzene rings is 1. The van der Waals surface area contributed by atoms with Crippen molar-refractivity contribution in [1.82, 2.24) is 19.3 Å². The second-order valence-corrected chi connectivity index (χ2v) is 8.75. The summed E-state index contributed by atoms with van der Waals surface area (Å²) in [5, 5.41) is 2.04. The number of aromatic nitrogens is 3. The summed E-state index contributed by atoms with van der Waals surface area (Å²) >= 11 is 6.28. The maximum Gasteiger partial charge on any atom is 0.146 e. The van der Waals surface area contributed by atoms with Gasteiger partial charge in [0.25, 0.3) is 0 Å². The highest BCUT2D eigenvalue weighted by molar-refractivity contribution is 7.85. The van der Waals surface area contributed by atoms with Crippen LogP contribution in [0.4, 0.5) is 0 Å². The Kier molecular flexibility index (Phi) is 6.46. The zero-order valence-corrected chi connectivity index (χ0v) is 18.5. The van der Waals surface area contributed by atoms with Crippen LogP contribution in [0.15, 0.2) is 73.0 Å². The molecule has 0 saturated carbocycles. The third kappa shape index (κ3) is 4.54. The van der Waals surface area contributed by atoms with Crippen LogP contribution in [0.5, 0.6) is 5.75 Å². The molecule has 1 aromatic carbocycles. The van der Waals surface area contributed by atoms with Crippen molar-refractivity contribution in [3.8, 4) is 28.1 Å². The highest BCUT2D eigenvalue weighted by Crippen LogP contribution is 2.41. The van der Waals surface area contributed by atoms with E-state index in [9.17, 15) is 4.21 Å². The van der Waals surface area contributed by atoms with E-state index in [0.717, 1.165) is 33.4 Å². The van der Waals surface area contributed by atoms with Crippen molar-refractivity contribution in [3.63, 3.8) is 0 Å². The molecule has 0 bridgehead atoms. The maximum atomic E-state index is 11.8. The molecule has 1 N–H and O–H groups in total. The summed E-state index contributed by atoms with van der Waals surface area (Å²) in [7, 11) is 0.518. The van der Waals surface area contributed by atoms with Crippen LogP contribution in [0.2, 0.25) is 5.02 Å². The first-order chi connectivity index (χ1) is 15.1. The van der Waals surface area contributed by atoms with Crippen LogP contribution in [0, 0.1) is 0 Å². The Hall–Kier alpha value is -3.00. The fourth-order valence-corrected chi connectivity index (χ4v) is 4.05. The SMILES string of the molecule is C=CS(=O)N(C)CCOc1cnccc1-c1[nH]c2cccnc2c1-c1cccc(Cl)c1. The van der Waals surface area contributed by atoms with Gasteiger partial charge in [0.15, 0.2) is 0 Å². The molecule has 4 aromatic rings. The van der Waals surface area contributed by atoms with Crippen molar-refractivity contribution >= 4 is 33.6 Å². The van der Waals surface area contributed by atoms with Crippen molar-refractivity contribution < 1.29 is 8.95 Å². The third-order valence-electron chi connectivity index (χ3n) is 4.83. The molecule has 0 aliphatic carbocycles. The first-order valence-electron chi connectivity index (χ1n) is 9.62. The van der Waals surface area contributed by atoms with Gasteiger partial charge in [0.1, 0.15) is 23.3 Å². The maximum absolute atomic E-state index is 11.8. The van der Waals surface area contributed by atoms with Gasteiger partial charge in [-0.25, -0.2) is 8.51 Å². The van der Waals surface area contributed by atoms with E-state index in [1.54, 1.807) is 29.9 Å². The quantitative estimate of drug-likeness (QED) is 0.405. The van der Waals surface area contributed by atoms with E-state index >= 15 is 0 Å². The largest absolute Gasteiger partial charge is 0.490 e. The minimum atomic E-state index is -1.24. The number of halogens is 1. The second kappa shape index (κ2) is 9.43. The normalized spacial score (nSPS) is 12.2. The summed E-state index contributed by atoms with van der Waals surface area (Å²) in [5.41, 5.74) is 5.39. The predicted molar refractivity (Wildman–Crippen MR) is 126 cm³/mol. The minimum absolute atomic E-state index is 0.347. The summed E-state index contributed by atoms with van der Waals surface area (Å²) in [6, 6.07) is 13.5. The Balaban J connectivity index is 1.75. The van der Waals surface area contributed by atoms with Crippen molar-refractivity contribution in [3.05, 3.63) is 78.1 Å². The number of aromatic amines is 1. The molecule has 0 aliphatic rings. The fourth-order valence-electron chi connectivity index (χ4n) is 3.35. The molecule has 3 aromatic heterocycles. The summed E-state index contributed by atoms with van der Waals surface area (Å²) in [6.07, 6.45) is 5.18. The Morgan fingerprint density at radius 3 is 2.94 bits per heavy atom. The molecule has 6 nitrogen and oxygen atoms in total. The third-order valence-corrected chi connectivity index (χ3v) is 6.15. The molecule has 0 aliphatic heterocycles. The number of pyridine rings is 2. The smallest absolute Gasteiger partial charge is 0.146 e.